The smallest absolute Gasteiger partial charge is 0.265 e. The van der Waals surface area contributed by atoms with E-state index in [2.05, 4.69) is 15.0 Å². The molecule has 2 N–H and O–H groups in total. The van der Waals surface area contributed by atoms with Gasteiger partial charge in [-0.2, -0.15) is 0 Å². The van der Waals surface area contributed by atoms with Crippen LogP contribution >= 0.6 is 0 Å². The van der Waals surface area contributed by atoms with Gasteiger partial charge < -0.3 is 5.32 Å². The molecule has 0 fully saturated rings. The second-order valence-electron chi connectivity index (χ2n) is 4.79. The van der Waals surface area contributed by atoms with E-state index in [1.165, 1.54) is 6.07 Å². The van der Waals surface area contributed by atoms with Crippen molar-refractivity contribution < 1.29 is 8.42 Å². The number of hydrogen-bond acceptors (Lipinski definition) is 4. The minimum Gasteiger partial charge on any atom is -0.369 e. The summed E-state index contributed by atoms with van der Waals surface area (Å²) >= 11 is 0. The van der Waals surface area contributed by atoms with Gasteiger partial charge in [0.05, 0.1) is 0 Å². The molecule has 2 aromatic rings. The Labute approximate surface area is 125 Å². The second-order valence-corrected chi connectivity index (χ2v) is 6.44. The van der Waals surface area contributed by atoms with Crippen LogP contribution in [0.5, 0.6) is 0 Å². The topological polar surface area (TPSA) is 71.1 Å². The Bertz CT molecular complexity index is 742. The van der Waals surface area contributed by atoms with Gasteiger partial charge in [0.2, 0.25) is 0 Å². The predicted molar refractivity (Wildman–Crippen MR) is 85.1 cm³/mol. The van der Waals surface area contributed by atoms with Crippen molar-refractivity contribution in [3.63, 3.8) is 0 Å². The number of pyridine rings is 1. The van der Waals surface area contributed by atoms with E-state index in [-0.39, 0.29) is 4.90 Å². The Morgan fingerprint density at radius 1 is 1.14 bits per heavy atom. The van der Waals surface area contributed by atoms with Crippen molar-refractivity contribution in [1.29, 1.82) is 0 Å². The van der Waals surface area contributed by atoms with Gasteiger partial charge in [-0.15, -0.1) is 0 Å². The molecule has 0 saturated heterocycles. The molecule has 0 unspecified atom stereocenters. The van der Waals surface area contributed by atoms with Crippen LogP contribution in [0.25, 0.3) is 0 Å². The Balaban J connectivity index is 2.36. The van der Waals surface area contributed by atoms with Crippen LogP contribution in [0, 0.1) is 13.8 Å². The summed E-state index contributed by atoms with van der Waals surface area (Å²) in [4.78, 5) is 4.22. The minimum atomic E-state index is -3.67. The molecule has 1 heterocycles. The fourth-order valence-electron chi connectivity index (χ4n) is 1.92. The van der Waals surface area contributed by atoms with Gasteiger partial charge in [-0.3, -0.25) is 4.72 Å². The van der Waals surface area contributed by atoms with Gasteiger partial charge in [-0.25, -0.2) is 13.4 Å². The van der Waals surface area contributed by atoms with E-state index in [1.807, 2.05) is 32.9 Å². The van der Waals surface area contributed by atoms with E-state index in [9.17, 15) is 8.42 Å². The SMILES string of the molecule is CCNc1ncccc1S(=O)(=O)Nc1ccc(C)c(C)c1. The number of sulfonamides is 1. The fraction of sp³-hybridized carbons (Fsp3) is 0.267. The van der Waals surface area contributed by atoms with Crippen LogP contribution in [-0.4, -0.2) is 19.9 Å². The average Bonchev–Trinajstić information content (AvgIpc) is 2.43. The van der Waals surface area contributed by atoms with Gasteiger partial charge in [0.25, 0.3) is 10.0 Å². The first-order valence-electron chi connectivity index (χ1n) is 6.73. The monoisotopic (exact) mass is 305 g/mol. The lowest BCUT2D eigenvalue weighted by molar-refractivity contribution is 0.601. The van der Waals surface area contributed by atoms with Crippen LogP contribution in [0.3, 0.4) is 0 Å². The summed E-state index contributed by atoms with van der Waals surface area (Å²) in [5.41, 5.74) is 2.70. The maximum atomic E-state index is 12.5. The number of rotatable bonds is 5. The van der Waals surface area contributed by atoms with Crippen LogP contribution in [0.2, 0.25) is 0 Å². The molecule has 0 spiro atoms. The molecule has 21 heavy (non-hydrogen) atoms. The molecular formula is C15H19N3O2S. The van der Waals surface area contributed by atoms with Gasteiger partial charge in [0, 0.05) is 18.4 Å². The second kappa shape index (κ2) is 6.13. The van der Waals surface area contributed by atoms with Gasteiger partial charge in [0.15, 0.2) is 0 Å². The summed E-state index contributed by atoms with van der Waals surface area (Å²) in [6, 6.07) is 8.60. The lowest BCUT2D eigenvalue weighted by Gasteiger charge is -2.12. The van der Waals surface area contributed by atoms with Crippen molar-refractivity contribution in [2.45, 2.75) is 25.7 Å². The molecule has 0 aliphatic rings. The van der Waals surface area contributed by atoms with E-state index in [0.717, 1.165) is 11.1 Å². The van der Waals surface area contributed by atoms with Crippen molar-refractivity contribution in [2.24, 2.45) is 0 Å². The summed E-state index contributed by atoms with van der Waals surface area (Å²) < 4.78 is 27.6. The minimum absolute atomic E-state index is 0.144. The molecule has 0 aliphatic carbocycles. The third-order valence-corrected chi connectivity index (χ3v) is 4.58. The van der Waals surface area contributed by atoms with Crippen LogP contribution in [0.15, 0.2) is 41.4 Å². The van der Waals surface area contributed by atoms with E-state index in [4.69, 9.17) is 0 Å². The maximum absolute atomic E-state index is 12.5. The lowest BCUT2D eigenvalue weighted by atomic mass is 10.1. The summed E-state index contributed by atoms with van der Waals surface area (Å²) in [5, 5.41) is 2.96. The molecule has 0 saturated carbocycles. The Morgan fingerprint density at radius 3 is 2.57 bits per heavy atom. The number of aryl methyl sites for hydroxylation is 2. The predicted octanol–water partition coefficient (Wildman–Crippen LogP) is 2.93. The van der Waals surface area contributed by atoms with Crippen LogP contribution in [0.1, 0.15) is 18.1 Å². The normalized spacial score (nSPS) is 11.2. The first-order chi connectivity index (χ1) is 9.94. The first-order valence-corrected chi connectivity index (χ1v) is 8.21. The molecule has 5 nitrogen and oxygen atoms in total. The average molecular weight is 305 g/mol. The van der Waals surface area contributed by atoms with Gasteiger partial charge in [0.1, 0.15) is 10.7 Å². The number of nitrogens with one attached hydrogen (secondary N) is 2. The molecule has 6 heteroatoms. The summed E-state index contributed by atoms with van der Waals surface area (Å²) in [7, 11) is -3.67. The zero-order valence-electron chi connectivity index (χ0n) is 12.3. The highest BCUT2D eigenvalue weighted by molar-refractivity contribution is 7.92. The third kappa shape index (κ3) is 3.52. The largest absolute Gasteiger partial charge is 0.369 e. The van der Waals surface area contributed by atoms with Crippen LogP contribution < -0.4 is 10.0 Å². The highest BCUT2D eigenvalue weighted by Gasteiger charge is 2.19. The van der Waals surface area contributed by atoms with Crippen molar-refractivity contribution in [2.75, 3.05) is 16.6 Å². The third-order valence-electron chi connectivity index (χ3n) is 3.16. The molecule has 0 aliphatic heterocycles. The van der Waals surface area contributed by atoms with Gasteiger partial charge in [-0.1, -0.05) is 6.07 Å². The van der Waals surface area contributed by atoms with Crippen molar-refractivity contribution >= 4 is 21.5 Å². The number of aromatic nitrogens is 1. The molecule has 0 radical (unpaired) electrons. The van der Waals surface area contributed by atoms with Gasteiger partial charge >= 0.3 is 0 Å². The molecule has 0 atom stereocenters. The highest BCUT2D eigenvalue weighted by Crippen LogP contribution is 2.22. The van der Waals surface area contributed by atoms with E-state index in [0.29, 0.717) is 18.1 Å². The first kappa shape index (κ1) is 15.3. The molecule has 1 aromatic heterocycles. The maximum Gasteiger partial charge on any atom is 0.265 e. The Morgan fingerprint density at radius 2 is 1.90 bits per heavy atom. The Kier molecular flexibility index (Phi) is 4.47. The number of benzene rings is 1. The standard InChI is InChI=1S/C15H19N3O2S/c1-4-16-15-14(6-5-9-17-15)21(19,20)18-13-8-7-11(2)12(3)10-13/h5-10,18H,4H2,1-3H3,(H,16,17). The van der Waals surface area contributed by atoms with E-state index < -0.39 is 10.0 Å². The molecule has 0 bridgehead atoms. The molecule has 1 aromatic carbocycles. The van der Waals surface area contributed by atoms with Crippen LogP contribution in [-0.2, 0) is 10.0 Å². The molecule has 112 valence electrons. The fourth-order valence-corrected chi connectivity index (χ4v) is 3.11. The highest BCUT2D eigenvalue weighted by atomic mass is 32.2. The zero-order valence-corrected chi connectivity index (χ0v) is 13.2. The quantitative estimate of drug-likeness (QED) is 0.891. The van der Waals surface area contributed by atoms with E-state index in [1.54, 1.807) is 18.3 Å². The number of anilines is 2. The van der Waals surface area contributed by atoms with Crippen molar-refractivity contribution in [3.8, 4) is 0 Å². The summed E-state index contributed by atoms with van der Waals surface area (Å²) in [5.74, 6) is 0.358. The summed E-state index contributed by atoms with van der Waals surface area (Å²) in [6.45, 7) is 6.42. The van der Waals surface area contributed by atoms with Crippen molar-refractivity contribution in [1.82, 2.24) is 4.98 Å². The Hall–Kier alpha value is -2.08. The molecule has 2 rings (SSSR count). The number of nitrogens with zero attached hydrogens (tertiary/aromatic N) is 1. The van der Waals surface area contributed by atoms with E-state index >= 15 is 0 Å². The van der Waals surface area contributed by atoms with Gasteiger partial charge in [-0.05, 0) is 56.2 Å². The lowest BCUT2D eigenvalue weighted by Crippen LogP contribution is -2.16. The number of hydrogen-bond donors (Lipinski definition) is 2. The summed E-state index contributed by atoms with van der Waals surface area (Å²) in [6.07, 6.45) is 1.56. The molecular weight excluding hydrogens is 286 g/mol. The van der Waals surface area contributed by atoms with Crippen LogP contribution in [0.4, 0.5) is 11.5 Å². The molecule has 0 amide bonds. The zero-order chi connectivity index (χ0) is 15.5. The van der Waals surface area contributed by atoms with Crippen molar-refractivity contribution in [3.05, 3.63) is 47.7 Å².